The largest absolute Gasteiger partial charge is 0.481 e. The molecule has 0 aromatic carbocycles. The van der Waals surface area contributed by atoms with E-state index >= 15 is 0 Å². The number of aliphatic carboxylic acids is 1. The molecule has 2 aliphatic rings. The summed E-state index contributed by atoms with van der Waals surface area (Å²) in [5.41, 5.74) is 0. The molecule has 0 spiro atoms. The first-order chi connectivity index (χ1) is 5.29. The van der Waals surface area contributed by atoms with Gasteiger partial charge in [0.15, 0.2) is 0 Å². The second-order valence-corrected chi connectivity index (χ2v) is 3.60. The summed E-state index contributed by atoms with van der Waals surface area (Å²) < 4.78 is 0. The van der Waals surface area contributed by atoms with Crippen molar-refractivity contribution >= 4 is 5.97 Å². The molecule has 2 N–H and O–H groups in total. The zero-order valence-corrected chi connectivity index (χ0v) is 6.42. The number of carboxylic acids is 1. The zero-order chi connectivity index (χ0) is 7.84. The number of carbonyl (C=O) groups is 1. The maximum Gasteiger partial charge on any atom is 0.306 e. The lowest BCUT2D eigenvalue weighted by Crippen LogP contribution is -2.12. The molecule has 0 amide bonds. The van der Waals surface area contributed by atoms with Gasteiger partial charge in [0.25, 0.3) is 0 Å². The van der Waals surface area contributed by atoms with Gasteiger partial charge >= 0.3 is 5.97 Å². The van der Waals surface area contributed by atoms with Crippen molar-refractivity contribution in [3.05, 3.63) is 0 Å². The van der Waals surface area contributed by atoms with E-state index in [2.05, 4.69) is 5.32 Å². The Morgan fingerprint density at radius 1 is 1.55 bits per heavy atom. The highest BCUT2D eigenvalue weighted by molar-refractivity contribution is 5.73. The minimum absolute atomic E-state index is 0.0140. The molecule has 2 rings (SSSR count). The Hall–Kier alpha value is -0.570. The van der Waals surface area contributed by atoms with Crippen molar-refractivity contribution in [2.75, 3.05) is 13.1 Å². The fraction of sp³-hybridized carbons (Fsp3) is 0.875. The molecule has 1 saturated heterocycles. The van der Waals surface area contributed by atoms with E-state index in [1.165, 1.54) is 6.42 Å². The van der Waals surface area contributed by atoms with Crippen molar-refractivity contribution in [1.82, 2.24) is 5.32 Å². The van der Waals surface area contributed by atoms with Crippen molar-refractivity contribution < 1.29 is 9.90 Å². The van der Waals surface area contributed by atoms with Crippen LogP contribution in [0.4, 0.5) is 0 Å². The molecule has 2 fully saturated rings. The molecule has 1 aliphatic carbocycles. The Balaban J connectivity index is 1.85. The van der Waals surface area contributed by atoms with Crippen molar-refractivity contribution in [3.63, 3.8) is 0 Å². The second kappa shape index (κ2) is 2.48. The number of hydrogen-bond acceptors (Lipinski definition) is 2. The van der Waals surface area contributed by atoms with Gasteiger partial charge < -0.3 is 10.4 Å². The predicted octanol–water partition coefficient (Wildman–Crippen LogP) is 0.317. The topological polar surface area (TPSA) is 49.3 Å². The van der Waals surface area contributed by atoms with Gasteiger partial charge in [0.1, 0.15) is 0 Å². The molecule has 3 nitrogen and oxygen atoms in total. The van der Waals surface area contributed by atoms with Gasteiger partial charge in [0.05, 0.1) is 5.92 Å². The van der Waals surface area contributed by atoms with E-state index in [4.69, 9.17) is 5.11 Å². The summed E-state index contributed by atoms with van der Waals surface area (Å²) in [6.45, 7) is 2.11. The third kappa shape index (κ3) is 1.25. The summed E-state index contributed by atoms with van der Waals surface area (Å²) in [5.74, 6) is 0.528. The molecule has 11 heavy (non-hydrogen) atoms. The van der Waals surface area contributed by atoms with Crippen LogP contribution in [0, 0.1) is 17.8 Å². The molecule has 3 atom stereocenters. The third-order valence-corrected chi connectivity index (χ3v) is 2.86. The highest BCUT2D eigenvalue weighted by Gasteiger charge is 2.48. The fourth-order valence-corrected chi connectivity index (χ4v) is 2.06. The monoisotopic (exact) mass is 155 g/mol. The van der Waals surface area contributed by atoms with E-state index < -0.39 is 5.97 Å². The van der Waals surface area contributed by atoms with Crippen LogP contribution in [0.15, 0.2) is 0 Å². The van der Waals surface area contributed by atoms with E-state index in [-0.39, 0.29) is 5.92 Å². The molecule has 3 heteroatoms. The van der Waals surface area contributed by atoms with E-state index in [0.717, 1.165) is 19.5 Å². The molecule has 1 saturated carbocycles. The Morgan fingerprint density at radius 2 is 2.36 bits per heavy atom. The molecule has 1 unspecified atom stereocenters. The van der Waals surface area contributed by atoms with Gasteiger partial charge in [-0.3, -0.25) is 4.79 Å². The molecule has 62 valence electrons. The third-order valence-electron chi connectivity index (χ3n) is 2.86. The van der Waals surface area contributed by atoms with Crippen molar-refractivity contribution in [1.29, 1.82) is 0 Å². The summed E-state index contributed by atoms with van der Waals surface area (Å²) >= 11 is 0. The number of hydrogen-bond donors (Lipinski definition) is 2. The summed E-state index contributed by atoms with van der Waals surface area (Å²) in [6.07, 6.45) is 2.09. The maximum atomic E-state index is 10.5. The minimum atomic E-state index is -0.595. The summed E-state index contributed by atoms with van der Waals surface area (Å²) in [6, 6.07) is 0. The van der Waals surface area contributed by atoms with Gasteiger partial charge in [0, 0.05) is 0 Å². The Bertz CT molecular complexity index is 175. The van der Waals surface area contributed by atoms with Crippen molar-refractivity contribution in [2.24, 2.45) is 17.8 Å². The van der Waals surface area contributed by atoms with Crippen LogP contribution in [-0.4, -0.2) is 24.2 Å². The molecule has 0 bridgehead atoms. The minimum Gasteiger partial charge on any atom is -0.481 e. The van der Waals surface area contributed by atoms with E-state index in [0.29, 0.717) is 11.8 Å². The Kier molecular flexibility index (Phi) is 1.60. The van der Waals surface area contributed by atoms with Crippen LogP contribution in [0.5, 0.6) is 0 Å². The van der Waals surface area contributed by atoms with Crippen molar-refractivity contribution in [2.45, 2.75) is 12.8 Å². The molecule has 1 heterocycles. The quantitative estimate of drug-likeness (QED) is 0.603. The van der Waals surface area contributed by atoms with Crippen LogP contribution in [-0.2, 0) is 4.79 Å². The van der Waals surface area contributed by atoms with Gasteiger partial charge in [-0.1, -0.05) is 0 Å². The lowest BCUT2D eigenvalue weighted by molar-refractivity contribution is -0.139. The SMILES string of the molecule is O=C(O)[C@@H]1C[C@H]1C1CCNC1. The zero-order valence-electron chi connectivity index (χ0n) is 6.42. The van der Waals surface area contributed by atoms with Crippen LogP contribution in [0.1, 0.15) is 12.8 Å². The fourth-order valence-electron chi connectivity index (χ4n) is 2.06. The first-order valence-electron chi connectivity index (χ1n) is 4.22. The number of rotatable bonds is 2. The van der Waals surface area contributed by atoms with Gasteiger partial charge in [-0.15, -0.1) is 0 Å². The van der Waals surface area contributed by atoms with Crippen LogP contribution in [0.3, 0.4) is 0 Å². The van der Waals surface area contributed by atoms with E-state index in [1.807, 2.05) is 0 Å². The average molecular weight is 155 g/mol. The standard InChI is InChI=1S/C8H13NO2/c10-8(11)7-3-6(7)5-1-2-9-4-5/h5-7,9H,1-4H2,(H,10,11)/t5?,6-,7+/m0/s1. The Morgan fingerprint density at radius 3 is 2.82 bits per heavy atom. The summed E-state index contributed by atoms with van der Waals surface area (Å²) in [7, 11) is 0. The molecular weight excluding hydrogens is 142 g/mol. The molecule has 0 aromatic rings. The highest BCUT2D eigenvalue weighted by atomic mass is 16.4. The first kappa shape index (κ1) is 7.10. The second-order valence-electron chi connectivity index (χ2n) is 3.60. The molecule has 0 aromatic heterocycles. The molecule has 1 aliphatic heterocycles. The van der Waals surface area contributed by atoms with Gasteiger partial charge in [-0.25, -0.2) is 0 Å². The van der Waals surface area contributed by atoms with E-state index in [1.54, 1.807) is 0 Å². The molecular formula is C8H13NO2. The predicted molar refractivity (Wildman–Crippen MR) is 40.2 cm³/mol. The molecule has 0 radical (unpaired) electrons. The number of nitrogens with one attached hydrogen (secondary N) is 1. The van der Waals surface area contributed by atoms with Crippen molar-refractivity contribution in [3.8, 4) is 0 Å². The summed E-state index contributed by atoms with van der Waals surface area (Å²) in [5, 5.41) is 11.9. The van der Waals surface area contributed by atoms with E-state index in [9.17, 15) is 4.79 Å². The highest BCUT2D eigenvalue weighted by Crippen LogP contribution is 2.46. The lowest BCUT2D eigenvalue weighted by atomic mass is 10.0. The van der Waals surface area contributed by atoms with Gasteiger partial charge in [-0.2, -0.15) is 0 Å². The maximum absolute atomic E-state index is 10.5. The van der Waals surface area contributed by atoms with Crippen LogP contribution >= 0.6 is 0 Å². The van der Waals surface area contributed by atoms with Gasteiger partial charge in [0.2, 0.25) is 0 Å². The van der Waals surface area contributed by atoms with Crippen LogP contribution in [0.25, 0.3) is 0 Å². The normalized spacial score (nSPS) is 42.4. The van der Waals surface area contributed by atoms with Crippen LogP contribution < -0.4 is 5.32 Å². The number of carboxylic acid groups (broad SMARTS) is 1. The van der Waals surface area contributed by atoms with Crippen LogP contribution in [0.2, 0.25) is 0 Å². The Labute approximate surface area is 65.8 Å². The lowest BCUT2D eigenvalue weighted by Gasteiger charge is -2.04. The average Bonchev–Trinajstić information content (AvgIpc) is 2.60. The van der Waals surface area contributed by atoms with Gasteiger partial charge in [-0.05, 0) is 37.8 Å². The summed E-state index contributed by atoms with van der Waals surface area (Å²) in [4.78, 5) is 10.5. The smallest absolute Gasteiger partial charge is 0.306 e. The first-order valence-corrected chi connectivity index (χ1v) is 4.22.